The zero-order valence-electron chi connectivity index (χ0n) is 6.55. The molecular weight excluding hydrogens is 122 g/mol. The summed E-state index contributed by atoms with van der Waals surface area (Å²) in [7, 11) is 0. The van der Waals surface area contributed by atoms with E-state index in [2.05, 4.69) is 18.1 Å². The summed E-state index contributed by atoms with van der Waals surface area (Å²) in [5.41, 5.74) is 0. The van der Waals surface area contributed by atoms with Crippen LogP contribution in [0.4, 0.5) is 0 Å². The fraction of sp³-hybridized carbons (Fsp3) is 0.778. The molecule has 1 aliphatic rings. The highest BCUT2D eigenvalue weighted by atomic mass is 14.8. The van der Waals surface area contributed by atoms with Gasteiger partial charge in [0.15, 0.2) is 0 Å². The van der Waals surface area contributed by atoms with Crippen LogP contribution in [0.1, 0.15) is 38.5 Å². The summed E-state index contributed by atoms with van der Waals surface area (Å²) in [6, 6.07) is 0.635. The summed E-state index contributed by atoms with van der Waals surface area (Å²) in [5, 5.41) is 0. The summed E-state index contributed by atoms with van der Waals surface area (Å²) in [5.74, 6) is 0. The molecule has 57 valence electrons. The third-order valence-corrected chi connectivity index (χ3v) is 1.97. The summed E-state index contributed by atoms with van der Waals surface area (Å²) in [6.45, 7) is 3.82. The van der Waals surface area contributed by atoms with Gasteiger partial charge in [-0.3, -0.25) is 4.99 Å². The molecule has 0 aromatic heterocycles. The van der Waals surface area contributed by atoms with E-state index in [9.17, 15) is 0 Å². The van der Waals surface area contributed by atoms with E-state index in [-0.39, 0.29) is 0 Å². The van der Waals surface area contributed by atoms with Gasteiger partial charge in [-0.1, -0.05) is 19.8 Å². The lowest BCUT2D eigenvalue weighted by atomic mass is 10.0. The largest absolute Gasteiger partial charge is 0.294 e. The highest BCUT2D eigenvalue weighted by molar-refractivity contribution is 5.58. The maximum Gasteiger partial charge on any atom is 0.0495 e. The molecule has 1 atom stereocenters. The van der Waals surface area contributed by atoms with Crippen LogP contribution in [0.2, 0.25) is 0 Å². The molecule has 1 nitrogen and oxygen atoms in total. The maximum absolute atomic E-state index is 4.41. The van der Waals surface area contributed by atoms with E-state index in [1.54, 1.807) is 0 Å². The van der Waals surface area contributed by atoms with E-state index >= 15 is 0 Å². The third kappa shape index (κ3) is 2.51. The van der Waals surface area contributed by atoms with E-state index in [0.29, 0.717) is 6.04 Å². The number of nitrogens with zero attached hydrogens (tertiary/aromatic N) is 1. The van der Waals surface area contributed by atoms with Gasteiger partial charge in [0.25, 0.3) is 0 Å². The molecule has 0 saturated heterocycles. The molecule has 1 aliphatic heterocycles. The molecule has 0 amide bonds. The molecule has 0 aliphatic carbocycles. The summed E-state index contributed by atoms with van der Waals surface area (Å²) >= 11 is 0. The van der Waals surface area contributed by atoms with Crippen molar-refractivity contribution in [3.63, 3.8) is 0 Å². The van der Waals surface area contributed by atoms with Gasteiger partial charge in [-0.2, -0.15) is 0 Å². The van der Waals surface area contributed by atoms with E-state index in [1.807, 2.05) is 0 Å². The van der Waals surface area contributed by atoms with Gasteiger partial charge in [-0.05, 0) is 31.9 Å². The van der Waals surface area contributed by atoms with Crippen molar-refractivity contribution in [2.45, 2.75) is 44.6 Å². The van der Waals surface area contributed by atoms with Crippen molar-refractivity contribution in [3.8, 4) is 0 Å². The quantitative estimate of drug-likeness (QED) is 0.568. The molecule has 0 bridgehead atoms. The molecular formula is C9H16N. The molecule has 0 aromatic rings. The van der Waals surface area contributed by atoms with Crippen LogP contribution in [0.5, 0.6) is 0 Å². The van der Waals surface area contributed by atoms with Crippen molar-refractivity contribution in [1.29, 1.82) is 0 Å². The van der Waals surface area contributed by atoms with Gasteiger partial charge in [0.05, 0.1) is 0 Å². The smallest absolute Gasteiger partial charge is 0.0495 e. The van der Waals surface area contributed by atoms with Crippen LogP contribution in [0.15, 0.2) is 4.99 Å². The van der Waals surface area contributed by atoms with Gasteiger partial charge < -0.3 is 0 Å². The Balaban J connectivity index is 2.13. The summed E-state index contributed by atoms with van der Waals surface area (Å²) in [4.78, 5) is 4.41. The lowest BCUT2D eigenvalue weighted by Gasteiger charge is -2.14. The average Bonchev–Trinajstić information content (AvgIpc) is 2.03. The third-order valence-electron chi connectivity index (χ3n) is 1.97. The van der Waals surface area contributed by atoms with Crippen LogP contribution in [0.25, 0.3) is 0 Å². The Morgan fingerprint density at radius 3 is 3.10 bits per heavy atom. The van der Waals surface area contributed by atoms with Crippen LogP contribution in [0.3, 0.4) is 0 Å². The highest BCUT2D eigenvalue weighted by Crippen LogP contribution is 2.14. The van der Waals surface area contributed by atoms with Gasteiger partial charge in [-0.15, -0.1) is 0 Å². The first-order valence-electron chi connectivity index (χ1n) is 4.24. The lowest BCUT2D eigenvalue weighted by Crippen LogP contribution is -2.08. The number of hydrogen-bond donors (Lipinski definition) is 0. The topological polar surface area (TPSA) is 12.4 Å². The van der Waals surface area contributed by atoms with Crippen molar-refractivity contribution in [2.75, 3.05) is 0 Å². The second kappa shape index (κ2) is 4.48. The van der Waals surface area contributed by atoms with Gasteiger partial charge >= 0.3 is 0 Å². The molecule has 0 spiro atoms. The van der Waals surface area contributed by atoms with E-state index in [0.717, 1.165) is 6.42 Å². The second-order valence-electron chi connectivity index (χ2n) is 2.91. The van der Waals surface area contributed by atoms with Crippen molar-refractivity contribution >= 4 is 6.21 Å². The van der Waals surface area contributed by atoms with Crippen molar-refractivity contribution in [1.82, 2.24) is 0 Å². The van der Waals surface area contributed by atoms with Crippen LogP contribution < -0.4 is 0 Å². The Morgan fingerprint density at radius 1 is 1.60 bits per heavy atom. The molecule has 1 unspecified atom stereocenters. The van der Waals surface area contributed by atoms with Gasteiger partial charge in [-0.25, -0.2) is 0 Å². The fourth-order valence-corrected chi connectivity index (χ4v) is 1.34. The van der Waals surface area contributed by atoms with Crippen molar-refractivity contribution in [2.24, 2.45) is 4.99 Å². The molecule has 0 fully saturated rings. The van der Waals surface area contributed by atoms with Crippen LogP contribution in [-0.4, -0.2) is 12.3 Å². The molecule has 0 aromatic carbocycles. The first-order chi connectivity index (χ1) is 4.93. The fourth-order valence-electron chi connectivity index (χ4n) is 1.34. The highest BCUT2D eigenvalue weighted by Gasteiger charge is 2.07. The van der Waals surface area contributed by atoms with Crippen molar-refractivity contribution in [3.05, 3.63) is 6.92 Å². The molecule has 1 heteroatoms. The molecule has 1 rings (SSSR count). The number of aliphatic imine (C=N–C) groups is 1. The molecule has 0 saturated carbocycles. The zero-order valence-corrected chi connectivity index (χ0v) is 6.55. The maximum atomic E-state index is 4.41. The standard InChI is InChI=1S/C9H16N/c1-2-3-6-9-7-4-5-8-10-9/h8-9H,1-7H2. The first kappa shape index (κ1) is 7.77. The first-order valence-corrected chi connectivity index (χ1v) is 4.24. The monoisotopic (exact) mass is 138 g/mol. The number of unbranched alkanes of at least 4 members (excludes halogenated alkanes) is 1. The van der Waals surface area contributed by atoms with Gasteiger partial charge in [0, 0.05) is 6.04 Å². The summed E-state index contributed by atoms with van der Waals surface area (Å²) < 4.78 is 0. The Labute approximate surface area is 63.5 Å². The predicted octanol–water partition coefficient (Wildman–Crippen LogP) is 2.61. The molecule has 10 heavy (non-hydrogen) atoms. The molecule has 1 heterocycles. The van der Waals surface area contributed by atoms with Crippen molar-refractivity contribution < 1.29 is 0 Å². The minimum Gasteiger partial charge on any atom is -0.294 e. The SMILES string of the molecule is [CH2]CCCC1CCCC=N1. The van der Waals surface area contributed by atoms with E-state index < -0.39 is 0 Å². The second-order valence-corrected chi connectivity index (χ2v) is 2.91. The Bertz CT molecular complexity index is 107. The van der Waals surface area contributed by atoms with E-state index in [4.69, 9.17) is 0 Å². The zero-order chi connectivity index (χ0) is 7.23. The van der Waals surface area contributed by atoms with Gasteiger partial charge in [0.1, 0.15) is 0 Å². The minimum atomic E-state index is 0.635. The molecule has 0 N–H and O–H groups in total. The normalized spacial score (nSPS) is 25.1. The van der Waals surface area contributed by atoms with Crippen LogP contribution in [-0.2, 0) is 0 Å². The van der Waals surface area contributed by atoms with Gasteiger partial charge in [0.2, 0.25) is 0 Å². The van der Waals surface area contributed by atoms with E-state index in [1.165, 1.54) is 32.1 Å². The average molecular weight is 138 g/mol. The van der Waals surface area contributed by atoms with Crippen LogP contribution >= 0.6 is 0 Å². The molecule has 1 radical (unpaired) electrons. The lowest BCUT2D eigenvalue weighted by molar-refractivity contribution is 0.523. The Kier molecular flexibility index (Phi) is 3.48. The Hall–Kier alpha value is -0.330. The van der Waals surface area contributed by atoms with Crippen LogP contribution in [0, 0.1) is 6.92 Å². The Morgan fingerprint density at radius 2 is 2.50 bits per heavy atom. The predicted molar refractivity (Wildman–Crippen MR) is 45.3 cm³/mol. The number of hydrogen-bond acceptors (Lipinski definition) is 1. The summed E-state index contributed by atoms with van der Waals surface area (Å²) in [6.07, 6.45) is 9.47. The minimum absolute atomic E-state index is 0.635. The number of rotatable bonds is 3.